The van der Waals surface area contributed by atoms with Crippen LogP contribution in [0.1, 0.15) is 16.8 Å². The second-order valence-electron chi connectivity index (χ2n) is 5.02. The zero-order chi connectivity index (χ0) is 14.7. The normalized spacial score (nSPS) is 27.1. The van der Waals surface area contributed by atoms with Gasteiger partial charge < -0.3 is 4.90 Å². The minimum absolute atomic E-state index is 0.0235. The minimum Gasteiger partial charge on any atom is -0.333 e. The fraction of sp³-hybridized carbons (Fsp3) is 0.417. The number of benzene rings is 1. The number of likely N-dealkylation sites (tertiary alicyclic amines) is 1. The van der Waals surface area contributed by atoms with Crippen LogP contribution in [-0.2, 0) is 9.84 Å². The third-order valence-electron chi connectivity index (χ3n) is 3.84. The smallest absolute Gasteiger partial charge is 0.257 e. The molecule has 2 bridgehead atoms. The summed E-state index contributed by atoms with van der Waals surface area (Å²) in [5.74, 6) is -5.57. The number of hydrogen-bond donors (Lipinski definition) is 0. The third-order valence-corrected chi connectivity index (χ3v) is 6.04. The molecule has 0 N–H and O–H groups in total. The average molecular weight is 305 g/mol. The van der Waals surface area contributed by atoms with Crippen molar-refractivity contribution in [2.75, 3.05) is 12.3 Å². The number of nitrogens with zero attached hydrogens (tertiary/aromatic N) is 1. The van der Waals surface area contributed by atoms with Gasteiger partial charge in [0, 0.05) is 12.6 Å². The molecule has 108 valence electrons. The summed E-state index contributed by atoms with van der Waals surface area (Å²) in [5, 5.41) is -0.634. The van der Waals surface area contributed by atoms with E-state index in [0.717, 1.165) is 6.07 Å². The number of carbonyl (C=O) groups excluding carboxylic acids is 1. The molecule has 0 radical (unpaired) electrons. The molecule has 2 aliphatic heterocycles. The van der Waals surface area contributed by atoms with Gasteiger partial charge in [-0.25, -0.2) is 21.6 Å². The van der Waals surface area contributed by atoms with Gasteiger partial charge in [0.15, 0.2) is 27.3 Å². The van der Waals surface area contributed by atoms with Crippen molar-refractivity contribution in [3.05, 3.63) is 35.1 Å². The van der Waals surface area contributed by atoms with E-state index in [1.165, 1.54) is 4.90 Å². The van der Waals surface area contributed by atoms with E-state index in [4.69, 9.17) is 0 Å². The highest BCUT2D eigenvalue weighted by molar-refractivity contribution is 7.92. The molecule has 2 heterocycles. The van der Waals surface area contributed by atoms with Gasteiger partial charge in [0.1, 0.15) is 0 Å². The van der Waals surface area contributed by atoms with E-state index in [0.29, 0.717) is 12.5 Å². The zero-order valence-electron chi connectivity index (χ0n) is 10.1. The van der Waals surface area contributed by atoms with Crippen molar-refractivity contribution in [3.63, 3.8) is 0 Å². The topological polar surface area (TPSA) is 54.5 Å². The Hall–Kier alpha value is -1.57. The monoisotopic (exact) mass is 305 g/mol. The number of carbonyl (C=O) groups is 1. The van der Waals surface area contributed by atoms with Crippen LogP contribution < -0.4 is 0 Å². The van der Waals surface area contributed by atoms with Crippen LogP contribution in [0.2, 0.25) is 0 Å². The average Bonchev–Trinajstić information content (AvgIpc) is 2.91. The lowest BCUT2D eigenvalue weighted by atomic mass is 10.1. The van der Waals surface area contributed by atoms with Crippen LogP contribution in [0.4, 0.5) is 13.2 Å². The second kappa shape index (κ2) is 4.21. The van der Waals surface area contributed by atoms with Crippen molar-refractivity contribution in [3.8, 4) is 0 Å². The van der Waals surface area contributed by atoms with E-state index in [1.807, 2.05) is 0 Å². The van der Waals surface area contributed by atoms with Crippen LogP contribution in [-0.4, -0.2) is 42.8 Å². The van der Waals surface area contributed by atoms with Crippen LogP contribution >= 0.6 is 0 Å². The van der Waals surface area contributed by atoms with Gasteiger partial charge in [0.25, 0.3) is 5.91 Å². The lowest BCUT2D eigenvalue weighted by molar-refractivity contribution is 0.0739. The van der Waals surface area contributed by atoms with Crippen LogP contribution in [0.5, 0.6) is 0 Å². The fourth-order valence-electron chi connectivity index (χ4n) is 2.79. The molecular weight excluding hydrogens is 295 g/mol. The molecule has 0 saturated carbocycles. The van der Waals surface area contributed by atoms with Gasteiger partial charge in [0.05, 0.1) is 16.6 Å². The summed E-state index contributed by atoms with van der Waals surface area (Å²) < 4.78 is 62.7. The summed E-state index contributed by atoms with van der Waals surface area (Å²) >= 11 is 0. The Labute approximate surface area is 113 Å². The number of fused-ring (bicyclic) bond motifs is 2. The Morgan fingerprint density at radius 2 is 1.90 bits per heavy atom. The standard InChI is InChI=1S/C12H10F3NO3S/c13-9-2-1-8(10(14)11(9)15)12(17)16-4-7-3-6(16)5-20(7,18)19/h1-2,6-7H,3-5H2. The maximum absolute atomic E-state index is 13.6. The predicted molar refractivity (Wildman–Crippen MR) is 63.3 cm³/mol. The van der Waals surface area contributed by atoms with E-state index in [9.17, 15) is 26.4 Å². The maximum Gasteiger partial charge on any atom is 0.257 e. The Balaban J connectivity index is 1.91. The number of rotatable bonds is 1. The highest BCUT2D eigenvalue weighted by Crippen LogP contribution is 2.34. The maximum atomic E-state index is 13.6. The number of amides is 1. The van der Waals surface area contributed by atoms with Gasteiger partial charge in [-0.1, -0.05) is 0 Å². The molecule has 2 fully saturated rings. The molecule has 2 aliphatic rings. The molecule has 2 atom stereocenters. The van der Waals surface area contributed by atoms with Crippen LogP contribution in [0, 0.1) is 17.5 Å². The Bertz CT molecular complexity index is 704. The quantitative estimate of drug-likeness (QED) is 0.731. The van der Waals surface area contributed by atoms with Crippen molar-refractivity contribution >= 4 is 15.7 Å². The molecule has 3 rings (SSSR count). The van der Waals surface area contributed by atoms with Crippen LogP contribution in [0.15, 0.2) is 12.1 Å². The SMILES string of the molecule is O=C(c1ccc(F)c(F)c1F)N1CC2CC1CS2(=O)=O. The van der Waals surface area contributed by atoms with E-state index >= 15 is 0 Å². The third kappa shape index (κ3) is 1.81. The fourth-order valence-corrected chi connectivity index (χ4v) is 4.82. The van der Waals surface area contributed by atoms with E-state index in [2.05, 4.69) is 0 Å². The second-order valence-corrected chi connectivity index (χ2v) is 7.35. The van der Waals surface area contributed by atoms with Crippen molar-refractivity contribution in [2.45, 2.75) is 17.7 Å². The van der Waals surface area contributed by atoms with Gasteiger partial charge in [0.2, 0.25) is 0 Å². The van der Waals surface area contributed by atoms with Crippen molar-refractivity contribution in [2.24, 2.45) is 0 Å². The number of halogens is 3. The molecule has 8 heteroatoms. The van der Waals surface area contributed by atoms with Gasteiger partial charge in [-0.3, -0.25) is 4.79 Å². The van der Waals surface area contributed by atoms with E-state index in [-0.39, 0.29) is 12.3 Å². The van der Waals surface area contributed by atoms with Gasteiger partial charge in [-0.2, -0.15) is 0 Å². The summed E-state index contributed by atoms with van der Waals surface area (Å²) in [6, 6.07) is 1.04. The largest absolute Gasteiger partial charge is 0.333 e. The minimum atomic E-state index is -3.18. The lowest BCUT2D eigenvalue weighted by Gasteiger charge is -2.27. The van der Waals surface area contributed by atoms with E-state index in [1.54, 1.807) is 0 Å². The Morgan fingerprint density at radius 3 is 2.45 bits per heavy atom. The lowest BCUT2D eigenvalue weighted by Crippen LogP contribution is -2.44. The molecule has 0 aromatic heterocycles. The first-order valence-corrected chi connectivity index (χ1v) is 7.69. The molecule has 0 spiro atoms. The first-order valence-electron chi connectivity index (χ1n) is 5.97. The molecule has 0 aliphatic carbocycles. The molecule has 1 amide bonds. The summed E-state index contributed by atoms with van der Waals surface area (Å²) in [7, 11) is -3.18. The molecule has 20 heavy (non-hydrogen) atoms. The summed E-state index contributed by atoms with van der Waals surface area (Å²) in [5.41, 5.74) is -0.575. The summed E-state index contributed by atoms with van der Waals surface area (Å²) in [6.07, 6.45) is 0.319. The molecule has 2 saturated heterocycles. The van der Waals surface area contributed by atoms with Gasteiger partial charge in [-0.15, -0.1) is 0 Å². The van der Waals surface area contributed by atoms with Crippen molar-refractivity contribution < 1.29 is 26.4 Å². The summed E-state index contributed by atoms with van der Waals surface area (Å²) in [6.45, 7) is -0.0235. The molecule has 1 aromatic carbocycles. The van der Waals surface area contributed by atoms with Gasteiger partial charge >= 0.3 is 0 Å². The predicted octanol–water partition coefficient (Wildman–Crippen LogP) is 1.12. The molecule has 1 aromatic rings. The molecule has 2 unspecified atom stereocenters. The highest BCUT2D eigenvalue weighted by Gasteiger charge is 2.50. The van der Waals surface area contributed by atoms with Crippen molar-refractivity contribution in [1.29, 1.82) is 0 Å². The molecule has 4 nitrogen and oxygen atoms in total. The zero-order valence-corrected chi connectivity index (χ0v) is 11.0. The Morgan fingerprint density at radius 1 is 1.20 bits per heavy atom. The first kappa shape index (κ1) is 13.4. The van der Waals surface area contributed by atoms with Crippen molar-refractivity contribution in [1.82, 2.24) is 4.90 Å². The van der Waals surface area contributed by atoms with Crippen LogP contribution in [0.3, 0.4) is 0 Å². The van der Waals surface area contributed by atoms with Crippen LogP contribution in [0.25, 0.3) is 0 Å². The van der Waals surface area contributed by atoms with Gasteiger partial charge in [-0.05, 0) is 18.6 Å². The van der Waals surface area contributed by atoms with E-state index < -0.39 is 50.1 Å². The number of sulfone groups is 1. The summed E-state index contributed by atoms with van der Waals surface area (Å²) in [4.78, 5) is 13.4. The Kier molecular flexibility index (Phi) is 2.82. The molecular formula is C12H10F3NO3S. The number of hydrogen-bond acceptors (Lipinski definition) is 3. The first-order chi connectivity index (χ1) is 9.31. The highest BCUT2D eigenvalue weighted by atomic mass is 32.2.